The van der Waals surface area contributed by atoms with Crippen molar-refractivity contribution in [2.45, 2.75) is 44.6 Å². The summed E-state index contributed by atoms with van der Waals surface area (Å²) in [6.07, 6.45) is 4.77. The minimum atomic E-state index is -0.725. The van der Waals surface area contributed by atoms with Crippen LogP contribution in [0.4, 0.5) is 4.39 Å². The maximum atomic E-state index is 15.0. The molecule has 0 saturated heterocycles. The zero-order chi connectivity index (χ0) is 21.9. The number of aliphatic hydroxyl groups is 1. The second-order valence-corrected chi connectivity index (χ2v) is 9.42. The summed E-state index contributed by atoms with van der Waals surface area (Å²) in [4.78, 5) is 13.4. The van der Waals surface area contributed by atoms with Crippen molar-refractivity contribution in [1.29, 1.82) is 0 Å². The summed E-state index contributed by atoms with van der Waals surface area (Å²) >= 11 is 6.45. The van der Waals surface area contributed by atoms with Gasteiger partial charge in [-0.15, -0.1) is 0 Å². The van der Waals surface area contributed by atoms with Gasteiger partial charge in [0.2, 0.25) is 0 Å². The van der Waals surface area contributed by atoms with Gasteiger partial charge in [0.05, 0.1) is 17.5 Å². The maximum absolute atomic E-state index is 15.0. The fourth-order valence-corrected chi connectivity index (χ4v) is 4.51. The first-order valence-electron chi connectivity index (χ1n) is 10.2. The topological polar surface area (TPSA) is 63.3 Å². The van der Waals surface area contributed by atoms with E-state index in [1.54, 1.807) is 18.6 Å². The van der Waals surface area contributed by atoms with Crippen LogP contribution in [0.1, 0.15) is 62.0 Å². The van der Waals surface area contributed by atoms with Gasteiger partial charge in [-0.3, -0.25) is 0 Å². The third kappa shape index (κ3) is 3.30. The molecule has 31 heavy (non-hydrogen) atoms. The lowest BCUT2D eigenvalue weighted by molar-refractivity contribution is 0.172. The van der Waals surface area contributed by atoms with Crippen molar-refractivity contribution < 1.29 is 9.50 Å². The number of nitrogens with zero attached hydrogens (tertiary/aromatic N) is 4. The highest BCUT2D eigenvalue weighted by atomic mass is 35.5. The molecule has 0 saturated carbocycles. The Kier molecular flexibility index (Phi) is 4.61. The molecule has 5 nitrogen and oxygen atoms in total. The predicted molar refractivity (Wildman–Crippen MR) is 118 cm³/mol. The lowest BCUT2D eigenvalue weighted by Gasteiger charge is -2.17. The van der Waals surface area contributed by atoms with E-state index in [1.165, 1.54) is 6.07 Å². The molecule has 1 aliphatic rings. The molecule has 0 aliphatic heterocycles. The van der Waals surface area contributed by atoms with Crippen LogP contribution in [0.15, 0.2) is 48.9 Å². The number of halogens is 2. The van der Waals surface area contributed by atoms with Crippen molar-refractivity contribution in [3.8, 4) is 11.1 Å². The fourth-order valence-electron chi connectivity index (χ4n) is 4.24. The Balaban J connectivity index is 1.67. The average molecular weight is 437 g/mol. The molecule has 2 atom stereocenters. The van der Waals surface area contributed by atoms with Crippen LogP contribution < -0.4 is 0 Å². The van der Waals surface area contributed by atoms with Gasteiger partial charge in [-0.2, -0.15) is 0 Å². The molecular formula is C24H22ClFN4O. The van der Waals surface area contributed by atoms with Gasteiger partial charge < -0.3 is 9.51 Å². The summed E-state index contributed by atoms with van der Waals surface area (Å²) in [5, 5.41) is 11.3. The summed E-state index contributed by atoms with van der Waals surface area (Å²) < 4.78 is 16.8. The van der Waals surface area contributed by atoms with E-state index < -0.39 is 11.9 Å². The molecule has 2 unspecified atom stereocenters. The Morgan fingerprint density at radius 1 is 1.16 bits per heavy atom. The molecule has 0 amide bonds. The first-order chi connectivity index (χ1) is 14.7. The molecule has 0 spiro atoms. The molecule has 3 heterocycles. The molecule has 1 aromatic carbocycles. The van der Waals surface area contributed by atoms with Gasteiger partial charge in [0.25, 0.3) is 0 Å². The Morgan fingerprint density at radius 2 is 1.87 bits per heavy atom. The predicted octanol–water partition coefficient (Wildman–Crippen LogP) is 5.45. The van der Waals surface area contributed by atoms with Crippen LogP contribution in [0, 0.1) is 5.82 Å². The molecule has 4 aromatic rings. The third-order valence-corrected chi connectivity index (χ3v) is 6.14. The van der Waals surface area contributed by atoms with Gasteiger partial charge >= 0.3 is 0 Å². The van der Waals surface area contributed by atoms with Gasteiger partial charge in [-0.25, -0.2) is 19.3 Å². The minimum absolute atomic E-state index is 0.133. The molecule has 1 N–H and O–H groups in total. The number of fused-ring (bicyclic) bond motifs is 3. The van der Waals surface area contributed by atoms with Crippen LogP contribution >= 0.6 is 11.6 Å². The normalized spacial score (nSPS) is 18.5. The number of rotatable bonds is 2. The highest BCUT2D eigenvalue weighted by Crippen LogP contribution is 2.46. The number of benzene rings is 1. The van der Waals surface area contributed by atoms with E-state index in [1.807, 2.05) is 49.4 Å². The fraction of sp³-hybridized carbons (Fsp3) is 0.292. The molecule has 0 fully saturated rings. The summed E-state index contributed by atoms with van der Waals surface area (Å²) in [6, 6.07) is 8.98. The molecule has 0 radical (unpaired) electrons. The maximum Gasteiger partial charge on any atom is 0.140 e. The number of hydrogen-bond acceptors (Lipinski definition) is 4. The molecule has 0 bridgehead atoms. The van der Waals surface area contributed by atoms with Crippen LogP contribution in [-0.4, -0.2) is 24.5 Å². The summed E-state index contributed by atoms with van der Waals surface area (Å²) in [5.74, 6) is 0.154. The van der Waals surface area contributed by atoms with Crippen molar-refractivity contribution in [1.82, 2.24) is 19.4 Å². The van der Waals surface area contributed by atoms with Crippen LogP contribution in [0.3, 0.4) is 0 Å². The van der Waals surface area contributed by atoms with Gasteiger partial charge in [0, 0.05) is 52.1 Å². The number of hydrogen-bond donors (Lipinski definition) is 1. The summed E-state index contributed by atoms with van der Waals surface area (Å²) in [6.45, 7) is 6.09. The smallest absolute Gasteiger partial charge is 0.140 e. The zero-order valence-corrected chi connectivity index (χ0v) is 18.2. The lowest BCUT2D eigenvalue weighted by Crippen LogP contribution is -2.15. The van der Waals surface area contributed by atoms with E-state index in [2.05, 4.69) is 15.0 Å². The van der Waals surface area contributed by atoms with Crippen molar-refractivity contribution in [2.24, 2.45) is 0 Å². The number of pyridine rings is 1. The van der Waals surface area contributed by atoms with Crippen molar-refractivity contribution in [2.75, 3.05) is 0 Å². The Morgan fingerprint density at radius 3 is 2.55 bits per heavy atom. The van der Waals surface area contributed by atoms with Crippen molar-refractivity contribution >= 4 is 17.2 Å². The molecule has 158 valence electrons. The van der Waals surface area contributed by atoms with E-state index in [9.17, 15) is 9.50 Å². The second-order valence-electron chi connectivity index (χ2n) is 9.02. The summed E-state index contributed by atoms with van der Waals surface area (Å²) in [5.41, 5.74) is 3.56. The standard InChI is InChI=1S/C24H22ClFN4O/c1-24(2,3)23-27-10-13(11-28-23)16-12-30-20(9-18(16)26)29-21-19(31)8-15(22(21)30)14-6-4-5-7-17(14)25/h4-7,9-12,15,19,31H,8H2,1-3H3. The van der Waals surface area contributed by atoms with Gasteiger partial charge in [0.15, 0.2) is 0 Å². The van der Waals surface area contributed by atoms with Crippen molar-refractivity contribution in [3.63, 3.8) is 0 Å². The quantitative estimate of drug-likeness (QED) is 0.453. The first-order valence-corrected chi connectivity index (χ1v) is 10.6. The minimum Gasteiger partial charge on any atom is -0.387 e. The van der Waals surface area contributed by atoms with Crippen LogP contribution in [-0.2, 0) is 5.41 Å². The summed E-state index contributed by atoms with van der Waals surface area (Å²) in [7, 11) is 0. The van der Waals surface area contributed by atoms with E-state index in [4.69, 9.17) is 11.6 Å². The van der Waals surface area contributed by atoms with Crippen LogP contribution in [0.5, 0.6) is 0 Å². The highest BCUT2D eigenvalue weighted by molar-refractivity contribution is 6.31. The van der Waals surface area contributed by atoms with Gasteiger partial charge in [-0.1, -0.05) is 50.6 Å². The van der Waals surface area contributed by atoms with E-state index in [-0.39, 0.29) is 11.3 Å². The number of aliphatic hydroxyl groups excluding tert-OH is 1. The van der Waals surface area contributed by atoms with Gasteiger partial charge in [0.1, 0.15) is 17.3 Å². The second kappa shape index (κ2) is 7.11. The largest absolute Gasteiger partial charge is 0.387 e. The highest BCUT2D eigenvalue weighted by Gasteiger charge is 2.36. The third-order valence-electron chi connectivity index (χ3n) is 5.79. The first kappa shape index (κ1) is 20.1. The SMILES string of the molecule is CC(C)(C)c1ncc(-c2cn3c4c(nc3cc2F)C(O)CC4c2ccccc2Cl)cn1. The van der Waals surface area contributed by atoms with Gasteiger partial charge in [-0.05, 0) is 18.1 Å². The Hall–Kier alpha value is -2.83. The number of aromatic nitrogens is 4. The Bertz CT molecular complexity index is 1290. The Labute approximate surface area is 184 Å². The molecule has 5 rings (SSSR count). The molecule has 3 aromatic heterocycles. The monoisotopic (exact) mass is 436 g/mol. The van der Waals surface area contributed by atoms with E-state index in [0.717, 1.165) is 11.3 Å². The molecule has 1 aliphatic carbocycles. The average Bonchev–Trinajstić information content (AvgIpc) is 3.24. The number of imidazole rings is 1. The van der Waals surface area contributed by atoms with E-state index >= 15 is 0 Å². The van der Waals surface area contributed by atoms with Crippen molar-refractivity contribution in [3.05, 3.63) is 82.5 Å². The molecular weight excluding hydrogens is 415 g/mol. The lowest BCUT2D eigenvalue weighted by atomic mass is 9.95. The zero-order valence-electron chi connectivity index (χ0n) is 17.5. The van der Waals surface area contributed by atoms with Crippen LogP contribution in [0.25, 0.3) is 16.8 Å². The molecule has 7 heteroatoms. The van der Waals surface area contributed by atoms with Crippen LogP contribution in [0.2, 0.25) is 5.02 Å². The van der Waals surface area contributed by atoms with E-state index in [0.29, 0.717) is 39.7 Å².